The second-order valence-corrected chi connectivity index (χ2v) is 3.58. The summed E-state index contributed by atoms with van der Waals surface area (Å²) in [7, 11) is 1.67. The van der Waals surface area contributed by atoms with Crippen molar-refractivity contribution in [3.8, 4) is 0 Å². The first kappa shape index (κ1) is 9.41. The first-order chi connectivity index (χ1) is 5.54. The summed E-state index contributed by atoms with van der Waals surface area (Å²) in [6, 6.07) is -0.179. The van der Waals surface area contributed by atoms with Crippen molar-refractivity contribution in [1.82, 2.24) is 15.8 Å². The van der Waals surface area contributed by atoms with Crippen molar-refractivity contribution in [3.63, 3.8) is 0 Å². The van der Waals surface area contributed by atoms with Gasteiger partial charge in [-0.15, -0.1) is 0 Å². The van der Waals surface area contributed by atoms with Gasteiger partial charge in [-0.2, -0.15) is 0 Å². The zero-order valence-electron chi connectivity index (χ0n) is 7.42. The molecular weight excluding hydrogens is 174 g/mol. The van der Waals surface area contributed by atoms with Gasteiger partial charge in [0.15, 0.2) is 5.11 Å². The molecule has 0 aromatic rings. The lowest BCUT2D eigenvalue weighted by Crippen LogP contribution is -2.64. The third-order valence-corrected chi connectivity index (χ3v) is 2.28. The van der Waals surface area contributed by atoms with E-state index in [9.17, 15) is 4.79 Å². The van der Waals surface area contributed by atoms with Gasteiger partial charge in [0.2, 0.25) is 5.91 Å². The summed E-state index contributed by atoms with van der Waals surface area (Å²) in [4.78, 5) is 13.0. The lowest BCUT2D eigenvalue weighted by Gasteiger charge is -2.33. The Morgan fingerprint density at radius 1 is 1.58 bits per heavy atom. The van der Waals surface area contributed by atoms with Gasteiger partial charge in [-0.25, -0.2) is 5.43 Å². The highest BCUT2D eigenvalue weighted by Gasteiger charge is 2.30. The standard InChI is InChI=1S/C7H13N3OS/c1-4(2)5-6(11)10(3)7(12)9-8-5/h4-5,8H,1-3H3,(H,9,12). The first-order valence-electron chi connectivity index (χ1n) is 3.87. The Balaban J connectivity index is 2.72. The minimum absolute atomic E-state index is 0.0220. The van der Waals surface area contributed by atoms with Crippen LogP contribution in [0.25, 0.3) is 0 Å². The summed E-state index contributed by atoms with van der Waals surface area (Å²) in [6.07, 6.45) is 0. The average Bonchev–Trinajstić information content (AvgIpc) is 2.00. The highest BCUT2D eigenvalue weighted by atomic mass is 32.1. The van der Waals surface area contributed by atoms with Crippen LogP contribution in [0.3, 0.4) is 0 Å². The molecule has 1 heterocycles. The van der Waals surface area contributed by atoms with Gasteiger partial charge in [0.25, 0.3) is 0 Å². The van der Waals surface area contributed by atoms with Crippen LogP contribution < -0.4 is 10.9 Å². The van der Waals surface area contributed by atoms with Crippen molar-refractivity contribution in [2.75, 3.05) is 7.05 Å². The summed E-state index contributed by atoms with van der Waals surface area (Å²) < 4.78 is 0. The molecule has 0 aliphatic carbocycles. The zero-order chi connectivity index (χ0) is 9.30. The number of rotatable bonds is 1. The number of likely N-dealkylation sites (N-methyl/N-ethyl adjacent to an activating group) is 1. The quantitative estimate of drug-likeness (QED) is 0.561. The van der Waals surface area contributed by atoms with Crippen LogP contribution in [0.2, 0.25) is 0 Å². The fourth-order valence-corrected chi connectivity index (χ4v) is 1.19. The summed E-state index contributed by atoms with van der Waals surface area (Å²) in [5.41, 5.74) is 5.65. The van der Waals surface area contributed by atoms with Gasteiger partial charge >= 0.3 is 0 Å². The van der Waals surface area contributed by atoms with Crippen molar-refractivity contribution < 1.29 is 4.79 Å². The largest absolute Gasteiger partial charge is 0.297 e. The maximum atomic E-state index is 11.5. The third kappa shape index (κ3) is 1.56. The minimum atomic E-state index is -0.179. The van der Waals surface area contributed by atoms with Crippen LogP contribution in [0.4, 0.5) is 0 Å². The predicted octanol–water partition coefficient (Wildman–Crippen LogP) is -0.138. The smallest absolute Gasteiger partial charge is 0.247 e. The maximum Gasteiger partial charge on any atom is 0.247 e. The van der Waals surface area contributed by atoms with Crippen LogP contribution in [-0.2, 0) is 4.79 Å². The van der Waals surface area contributed by atoms with Gasteiger partial charge in [-0.05, 0) is 18.1 Å². The molecule has 0 bridgehead atoms. The highest BCUT2D eigenvalue weighted by Crippen LogP contribution is 2.07. The Labute approximate surface area is 77.3 Å². The van der Waals surface area contributed by atoms with Gasteiger partial charge in [0.1, 0.15) is 6.04 Å². The van der Waals surface area contributed by atoms with Crippen molar-refractivity contribution in [2.24, 2.45) is 5.92 Å². The average molecular weight is 187 g/mol. The topological polar surface area (TPSA) is 44.4 Å². The highest BCUT2D eigenvalue weighted by molar-refractivity contribution is 7.80. The van der Waals surface area contributed by atoms with Crippen LogP contribution in [0.15, 0.2) is 0 Å². The second kappa shape index (κ2) is 3.37. The molecule has 0 saturated carbocycles. The molecule has 1 unspecified atom stereocenters. The van der Waals surface area contributed by atoms with Gasteiger partial charge in [0.05, 0.1) is 0 Å². The monoisotopic (exact) mass is 187 g/mol. The lowest BCUT2D eigenvalue weighted by atomic mass is 10.0. The number of nitrogens with one attached hydrogen (secondary N) is 2. The molecule has 1 aliphatic heterocycles. The molecule has 1 amide bonds. The van der Waals surface area contributed by atoms with E-state index in [4.69, 9.17) is 12.2 Å². The molecule has 1 fully saturated rings. The van der Waals surface area contributed by atoms with Crippen LogP contribution >= 0.6 is 12.2 Å². The van der Waals surface area contributed by atoms with Crippen molar-refractivity contribution >= 4 is 23.2 Å². The molecular formula is C7H13N3OS. The number of nitrogens with zero attached hydrogens (tertiary/aromatic N) is 1. The number of hydrazine groups is 1. The van der Waals surface area contributed by atoms with E-state index in [0.29, 0.717) is 5.11 Å². The van der Waals surface area contributed by atoms with Crippen LogP contribution in [0.5, 0.6) is 0 Å². The summed E-state index contributed by atoms with van der Waals surface area (Å²) in [5.74, 6) is 0.282. The number of carbonyl (C=O) groups excluding carboxylic acids is 1. The number of hydrogen-bond donors (Lipinski definition) is 2. The fraction of sp³-hybridized carbons (Fsp3) is 0.714. The Hall–Kier alpha value is -0.680. The van der Waals surface area contributed by atoms with Gasteiger partial charge in [-0.1, -0.05) is 13.8 Å². The summed E-state index contributed by atoms with van der Waals surface area (Å²) in [5, 5.41) is 0.428. The first-order valence-corrected chi connectivity index (χ1v) is 4.28. The molecule has 5 heteroatoms. The third-order valence-electron chi connectivity index (χ3n) is 1.90. The van der Waals surface area contributed by atoms with Crippen LogP contribution in [0, 0.1) is 5.92 Å². The van der Waals surface area contributed by atoms with Crippen LogP contribution in [-0.4, -0.2) is 29.0 Å². The number of carbonyl (C=O) groups is 1. The van der Waals surface area contributed by atoms with Crippen LogP contribution in [0.1, 0.15) is 13.8 Å². The molecule has 0 aromatic carbocycles. The van der Waals surface area contributed by atoms with E-state index in [-0.39, 0.29) is 17.9 Å². The minimum Gasteiger partial charge on any atom is -0.297 e. The van der Waals surface area contributed by atoms with Crippen molar-refractivity contribution in [3.05, 3.63) is 0 Å². The normalized spacial score (nSPS) is 24.7. The lowest BCUT2D eigenvalue weighted by molar-refractivity contribution is -0.131. The summed E-state index contributed by atoms with van der Waals surface area (Å²) in [6.45, 7) is 3.97. The molecule has 0 spiro atoms. The molecule has 1 saturated heterocycles. The Morgan fingerprint density at radius 2 is 2.17 bits per heavy atom. The fourth-order valence-electron chi connectivity index (χ4n) is 1.05. The van der Waals surface area contributed by atoms with E-state index in [2.05, 4.69) is 10.9 Å². The summed E-state index contributed by atoms with van der Waals surface area (Å²) >= 11 is 4.88. The molecule has 68 valence electrons. The van der Waals surface area contributed by atoms with E-state index >= 15 is 0 Å². The number of hydrogen-bond acceptors (Lipinski definition) is 3. The van der Waals surface area contributed by atoms with Gasteiger partial charge < -0.3 is 0 Å². The van der Waals surface area contributed by atoms with Crippen molar-refractivity contribution in [2.45, 2.75) is 19.9 Å². The molecule has 0 aromatic heterocycles. The Morgan fingerprint density at radius 3 is 2.67 bits per heavy atom. The number of thiocarbonyl (C=S) groups is 1. The van der Waals surface area contributed by atoms with E-state index in [1.54, 1.807) is 7.05 Å². The molecule has 1 aliphatic rings. The maximum absolute atomic E-state index is 11.5. The molecule has 4 nitrogen and oxygen atoms in total. The van der Waals surface area contributed by atoms with E-state index in [0.717, 1.165) is 0 Å². The Bertz CT molecular complexity index is 217. The molecule has 1 atom stereocenters. The SMILES string of the molecule is CC(C)C1NNC(=S)N(C)C1=O. The van der Waals surface area contributed by atoms with E-state index in [1.165, 1.54) is 4.90 Å². The van der Waals surface area contributed by atoms with Crippen molar-refractivity contribution in [1.29, 1.82) is 0 Å². The molecule has 2 N–H and O–H groups in total. The second-order valence-electron chi connectivity index (χ2n) is 3.19. The molecule has 0 radical (unpaired) electrons. The van der Waals surface area contributed by atoms with E-state index < -0.39 is 0 Å². The molecule has 12 heavy (non-hydrogen) atoms. The molecule has 1 rings (SSSR count). The van der Waals surface area contributed by atoms with Gasteiger partial charge in [0, 0.05) is 7.05 Å². The zero-order valence-corrected chi connectivity index (χ0v) is 8.23. The number of amides is 1. The Kier molecular flexibility index (Phi) is 2.64. The predicted molar refractivity (Wildman–Crippen MR) is 50.3 cm³/mol. The van der Waals surface area contributed by atoms with Gasteiger partial charge in [-0.3, -0.25) is 15.1 Å². The van der Waals surface area contributed by atoms with E-state index in [1.807, 2.05) is 13.8 Å².